The third-order valence-corrected chi connectivity index (χ3v) is 6.64. The fourth-order valence-electron chi connectivity index (χ4n) is 3.98. The van der Waals surface area contributed by atoms with Gasteiger partial charge in [0.15, 0.2) is 0 Å². The van der Waals surface area contributed by atoms with Crippen molar-refractivity contribution in [3.8, 4) is 0 Å². The van der Waals surface area contributed by atoms with E-state index in [2.05, 4.69) is 5.32 Å². The lowest BCUT2D eigenvalue weighted by Gasteiger charge is -2.32. The van der Waals surface area contributed by atoms with E-state index in [-0.39, 0.29) is 11.0 Å². The zero-order valence-electron chi connectivity index (χ0n) is 22.4. The highest BCUT2D eigenvalue weighted by molar-refractivity contribution is 6.62. The zero-order valence-corrected chi connectivity index (χ0v) is 22.4. The minimum atomic E-state index is -0.841. The molecule has 1 aromatic carbocycles. The van der Waals surface area contributed by atoms with Gasteiger partial charge in [0, 0.05) is 23.7 Å². The quantitative estimate of drug-likeness (QED) is 0.605. The SMILES string of the molecule is CC(C)(CCCn1ccc2cc(B3OC(C)(C)C(C)(C)O3)c(F)cc2c1=O)NC(=O)OC(C)(C)C. The summed E-state index contributed by atoms with van der Waals surface area (Å²) in [5, 5.41) is 3.80. The summed E-state index contributed by atoms with van der Waals surface area (Å²) in [4.78, 5) is 25.1. The minimum Gasteiger partial charge on any atom is -0.444 e. The van der Waals surface area contributed by atoms with Crippen LogP contribution in [-0.4, -0.2) is 40.1 Å². The van der Waals surface area contributed by atoms with Crippen LogP contribution in [-0.2, 0) is 20.6 Å². The van der Waals surface area contributed by atoms with Crippen molar-refractivity contribution in [1.29, 1.82) is 0 Å². The van der Waals surface area contributed by atoms with E-state index < -0.39 is 41.4 Å². The van der Waals surface area contributed by atoms with Crippen LogP contribution in [0.25, 0.3) is 10.8 Å². The topological polar surface area (TPSA) is 78.8 Å². The van der Waals surface area contributed by atoms with Gasteiger partial charge in [-0.25, -0.2) is 9.18 Å². The van der Waals surface area contributed by atoms with E-state index >= 15 is 4.39 Å². The summed E-state index contributed by atoms with van der Waals surface area (Å²) >= 11 is 0. The Balaban J connectivity index is 1.72. The maximum atomic E-state index is 15.1. The van der Waals surface area contributed by atoms with Crippen molar-refractivity contribution in [3.63, 3.8) is 0 Å². The van der Waals surface area contributed by atoms with Crippen molar-refractivity contribution >= 4 is 29.4 Å². The first-order valence-electron chi connectivity index (χ1n) is 12.1. The summed E-state index contributed by atoms with van der Waals surface area (Å²) < 4.78 is 33.9. The van der Waals surface area contributed by atoms with Gasteiger partial charge in [0.2, 0.25) is 0 Å². The van der Waals surface area contributed by atoms with Crippen molar-refractivity contribution in [2.24, 2.45) is 0 Å². The molecule has 9 heteroatoms. The highest BCUT2D eigenvalue weighted by Gasteiger charge is 2.52. The van der Waals surface area contributed by atoms with Crippen molar-refractivity contribution in [1.82, 2.24) is 9.88 Å². The second-order valence-corrected chi connectivity index (χ2v) is 12.0. The molecule has 0 unspecified atom stereocenters. The molecule has 1 aromatic heterocycles. The first kappa shape index (κ1) is 27.2. The van der Waals surface area contributed by atoms with Crippen molar-refractivity contribution in [2.75, 3.05) is 0 Å². The number of pyridine rings is 1. The average molecular weight is 488 g/mol. The summed E-state index contributed by atoms with van der Waals surface area (Å²) in [6.07, 6.45) is 2.51. The van der Waals surface area contributed by atoms with E-state index in [9.17, 15) is 9.59 Å². The van der Waals surface area contributed by atoms with E-state index in [0.29, 0.717) is 30.2 Å². The summed E-state index contributed by atoms with van der Waals surface area (Å²) in [5.74, 6) is -0.534. The van der Waals surface area contributed by atoms with Gasteiger partial charge in [-0.1, -0.05) is 6.07 Å². The molecule has 192 valence electrons. The molecule has 2 heterocycles. The van der Waals surface area contributed by atoms with Crippen molar-refractivity contribution < 1.29 is 23.2 Å². The molecule has 0 radical (unpaired) electrons. The van der Waals surface area contributed by atoms with Crippen LogP contribution < -0.4 is 16.3 Å². The number of carbonyl (C=O) groups is 1. The highest BCUT2D eigenvalue weighted by atomic mass is 19.1. The molecule has 1 aliphatic rings. The monoisotopic (exact) mass is 488 g/mol. The smallest absolute Gasteiger partial charge is 0.444 e. The molecule has 1 aliphatic heterocycles. The van der Waals surface area contributed by atoms with Crippen LogP contribution in [0, 0.1) is 5.82 Å². The van der Waals surface area contributed by atoms with E-state index in [4.69, 9.17) is 14.0 Å². The van der Waals surface area contributed by atoms with Gasteiger partial charge in [-0.05, 0) is 92.7 Å². The number of benzene rings is 1. The third-order valence-electron chi connectivity index (χ3n) is 6.64. The molecular weight excluding hydrogens is 450 g/mol. The number of hydrogen-bond donors (Lipinski definition) is 1. The number of hydrogen-bond acceptors (Lipinski definition) is 5. The Morgan fingerprint density at radius 2 is 1.71 bits per heavy atom. The average Bonchev–Trinajstić information content (AvgIpc) is 2.88. The Labute approximate surface area is 207 Å². The summed E-state index contributed by atoms with van der Waals surface area (Å²) in [5.41, 5.74) is -2.24. The maximum absolute atomic E-state index is 15.1. The molecule has 0 aliphatic carbocycles. The second-order valence-electron chi connectivity index (χ2n) is 12.0. The number of aromatic nitrogens is 1. The molecule has 0 saturated carbocycles. The number of carbonyl (C=O) groups excluding carboxylic acids is 1. The van der Waals surface area contributed by atoms with Gasteiger partial charge in [0.05, 0.1) is 16.6 Å². The number of alkyl carbamates (subject to hydrolysis) is 1. The number of aryl methyl sites for hydroxylation is 1. The van der Waals surface area contributed by atoms with E-state index in [1.807, 2.05) is 62.3 Å². The Morgan fingerprint density at radius 3 is 2.29 bits per heavy atom. The van der Waals surface area contributed by atoms with Gasteiger partial charge in [-0.15, -0.1) is 0 Å². The molecule has 1 amide bonds. The fraction of sp³-hybridized carbons (Fsp3) is 0.615. The first-order chi connectivity index (χ1) is 15.9. The molecule has 1 fully saturated rings. The summed E-state index contributed by atoms with van der Waals surface area (Å²) in [6, 6.07) is 4.70. The molecule has 0 atom stereocenters. The van der Waals surface area contributed by atoms with Gasteiger partial charge in [0.25, 0.3) is 5.56 Å². The molecular formula is C26H38BFN2O5. The van der Waals surface area contributed by atoms with Crippen LogP contribution in [0.4, 0.5) is 9.18 Å². The van der Waals surface area contributed by atoms with Gasteiger partial charge < -0.3 is 23.9 Å². The van der Waals surface area contributed by atoms with Crippen LogP contribution in [0.5, 0.6) is 0 Å². The fourth-order valence-corrected chi connectivity index (χ4v) is 3.98. The van der Waals surface area contributed by atoms with Gasteiger partial charge >= 0.3 is 13.2 Å². The van der Waals surface area contributed by atoms with Crippen LogP contribution >= 0.6 is 0 Å². The Morgan fingerprint density at radius 1 is 1.11 bits per heavy atom. The van der Waals surface area contributed by atoms with Gasteiger partial charge in [-0.2, -0.15) is 0 Å². The van der Waals surface area contributed by atoms with Crippen LogP contribution in [0.2, 0.25) is 0 Å². The number of nitrogens with zero attached hydrogens (tertiary/aromatic N) is 1. The normalized spacial score (nSPS) is 17.6. The molecule has 0 spiro atoms. The maximum Gasteiger partial charge on any atom is 0.497 e. The number of fused-ring (bicyclic) bond motifs is 1. The molecule has 35 heavy (non-hydrogen) atoms. The lowest BCUT2D eigenvalue weighted by atomic mass is 9.78. The standard InChI is InChI=1S/C26H38BFN2O5/c1-23(2,3)33-22(32)29-24(4,5)12-10-13-30-14-11-17-15-19(20(28)16-18(17)21(30)31)27-34-25(6,7)26(8,9)35-27/h11,14-16H,10,12-13H2,1-9H3,(H,29,32). The molecule has 3 rings (SSSR count). The molecule has 7 nitrogen and oxygen atoms in total. The predicted molar refractivity (Wildman–Crippen MR) is 137 cm³/mol. The minimum absolute atomic E-state index is 0.264. The number of halogens is 1. The number of ether oxygens (including phenoxy) is 1. The molecule has 1 N–H and O–H groups in total. The predicted octanol–water partition coefficient (Wildman–Crippen LogP) is 4.52. The van der Waals surface area contributed by atoms with Gasteiger partial charge in [0.1, 0.15) is 11.4 Å². The van der Waals surface area contributed by atoms with E-state index in [0.717, 1.165) is 0 Å². The van der Waals surface area contributed by atoms with Crippen molar-refractivity contribution in [2.45, 2.75) is 104 Å². The summed E-state index contributed by atoms with van der Waals surface area (Å²) in [6.45, 7) is 17.3. The first-order valence-corrected chi connectivity index (χ1v) is 12.1. The number of amides is 1. The Bertz CT molecular complexity index is 1150. The lowest BCUT2D eigenvalue weighted by Crippen LogP contribution is -2.45. The molecule has 0 bridgehead atoms. The van der Waals surface area contributed by atoms with E-state index in [1.165, 1.54) is 6.07 Å². The second kappa shape index (κ2) is 9.24. The van der Waals surface area contributed by atoms with Crippen LogP contribution in [0.3, 0.4) is 0 Å². The number of nitrogens with one attached hydrogen (secondary N) is 1. The van der Waals surface area contributed by atoms with Crippen LogP contribution in [0.1, 0.15) is 75.2 Å². The summed E-state index contributed by atoms with van der Waals surface area (Å²) in [7, 11) is -0.841. The van der Waals surface area contributed by atoms with Crippen LogP contribution in [0.15, 0.2) is 29.2 Å². The van der Waals surface area contributed by atoms with E-state index in [1.54, 1.807) is 22.9 Å². The third kappa shape index (κ3) is 6.25. The lowest BCUT2D eigenvalue weighted by molar-refractivity contribution is 0.00578. The molecule has 2 aromatic rings. The molecule has 1 saturated heterocycles. The Kier molecular flexibility index (Phi) is 7.19. The zero-order chi connectivity index (χ0) is 26.4. The van der Waals surface area contributed by atoms with Gasteiger partial charge in [-0.3, -0.25) is 4.79 Å². The largest absolute Gasteiger partial charge is 0.497 e. The Hall–Kier alpha value is -2.39. The highest BCUT2D eigenvalue weighted by Crippen LogP contribution is 2.36. The van der Waals surface area contributed by atoms with Crippen molar-refractivity contribution in [3.05, 3.63) is 40.6 Å². The number of rotatable bonds is 6.